The van der Waals surface area contributed by atoms with Crippen LogP contribution in [0.2, 0.25) is 0 Å². The zero-order chi connectivity index (χ0) is 19.2. The molecular weight excluding hydrogens is 336 g/mol. The normalized spacial score (nSPS) is 58.9. The quantitative estimate of drug-likeness (QED) is 0.599. The van der Waals surface area contributed by atoms with E-state index >= 15 is 0 Å². The lowest BCUT2D eigenvalue weighted by Gasteiger charge is -2.63. The van der Waals surface area contributed by atoms with Crippen molar-refractivity contribution in [3.05, 3.63) is 0 Å². The first-order valence-electron chi connectivity index (χ1n) is 11.6. The van der Waals surface area contributed by atoms with Gasteiger partial charge in [0.25, 0.3) is 0 Å². The molecule has 5 fully saturated rings. The van der Waals surface area contributed by atoms with Crippen LogP contribution in [0.25, 0.3) is 0 Å². The Morgan fingerprint density at radius 1 is 0.741 bits per heavy atom. The molecule has 0 bridgehead atoms. The fourth-order valence-electron chi connectivity index (χ4n) is 8.80. The van der Waals surface area contributed by atoms with Crippen LogP contribution in [-0.4, -0.2) is 30.7 Å². The van der Waals surface area contributed by atoms with Crippen LogP contribution in [0.4, 0.5) is 0 Å². The van der Waals surface area contributed by atoms with E-state index in [1.54, 1.807) is 0 Å². The van der Waals surface area contributed by atoms with Crippen LogP contribution in [-0.2, 0) is 14.2 Å². The van der Waals surface area contributed by atoms with Crippen molar-refractivity contribution in [2.24, 2.45) is 34.5 Å². The summed E-state index contributed by atoms with van der Waals surface area (Å²) in [7, 11) is 1.93. The first kappa shape index (κ1) is 18.9. The van der Waals surface area contributed by atoms with Crippen LogP contribution in [0.15, 0.2) is 0 Å². The van der Waals surface area contributed by atoms with Gasteiger partial charge in [-0.05, 0) is 93.8 Å². The summed E-state index contributed by atoms with van der Waals surface area (Å²) in [6, 6.07) is 0. The van der Waals surface area contributed by atoms with E-state index in [2.05, 4.69) is 34.6 Å². The van der Waals surface area contributed by atoms with Crippen molar-refractivity contribution in [2.45, 2.75) is 110 Å². The van der Waals surface area contributed by atoms with Crippen molar-refractivity contribution in [3.8, 4) is 0 Å². The first-order valence-corrected chi connectivity index (χ1v) is 11.6. The Bertz CT molecular complexity index is 615. The van der Waals surface area contributed by atoms with E-state index in [0.717, 1.165) is 5.92 Å². The van der Waals surface area contributed by atoms with Crippen LogP contribution >= 0.6 is 0 Å². The highest BCUT2D eigenvalue weighted by Gasteiger charge is 2.69. The molecule has 0 aromatic heterocycles. The second-order valence-corrected chi connectivity index (χ2v) is 11.6. The Kier molecular flexibility index (Phi) is 4.01. The summed E-state index contributed by atoms with van der Waals surface area (Å²) in [5, 5.41) is 0. The lowest BCUT2D eigenvalue weighted by molar-refractivity contribution is -0.199. The van der Waals surface area contributed by atoms with Gasteiger partial charge in [-0.25, -0.2) is 0 Å². The van der Waals surface area contributed by atoms with Crippen LogP contribution in [0.3, 0.4) is 0 Å². The van der Waals surface area contributed by atoms with Crippen molar-refractivity contribution >= 4 is 0 Å². The Labute approximate surface area is 165 Å². The fraction of sp³-hybridized carbons (Fsp3) is 1.00. The Morgan fingerprint density at radius 2 is 1.44 bits per heavy atom. The molecule has 3 nitrogen and oxygen atoms in total. The molecule has 1 saturated heterocycles. The minimum atomic E-state index is -0.431. The summed E-state index contributed by atoms with van der Waals surface area (Å²) in [6.45, 7) is 11.8. The third kappa shape index (κ3) is 2.31. The van der Waals surface area contributed by atoms with E-state index < -0.39 is 5.79 Å². The molecule has 4 saturated carbocycles. The van der Waals surface area contributed by atoms with Gasteiger partial charge in [-0.3, -0.25) is 0 Å². The summed E-state index contributed by atoms with van der Waals surface area (Å²) in [5.41, 5.74) is 0.708. The predicted molar refractivity (Wildman–Crippen MR) is 106 cm³/mol. The van der Waals surface area contributed by atoms with Gasteiger partial charge in [-0.1, -0.05) is 26.7 Å². The molecule has 154 valence electrons. The van der Waals surface area contributed by atoms with Crippen LogP contribution < -0.4 is 0 Å². The molecule has 1 heterocycles. The lowest BCUT2D eigenvalue weighted by Crippen LogP contribution is -2.63. The molecule has 4 aliphatic carbocycles. The van der Waals surface area contributed by atoms with Crippen molar-refractivity contribution in [2.75, 3.05) is 7.11 Å². The van der Waals surface area contributed by atoms with Crippen LogP contribution in [0, 0.1) is 34.5 Å². The van der Waals surface area contributed by atoms with Crippen LogP contribution in [0.5, 0.6) is 0 Å². The predicted octanol–water partition coefficient (Wildman–Crippen LogP) is 5.56. The van der Waals surface area contributed by atoms with Crippen molar-refractivity contribution in [1.29, 1.82) is 0 Å². The molecule has 1 aliphatic heterocycles. The van der Waals surface area contributed by atoms with Crippen LogP contribution in [0.1, 0.15) is 86.0 Å². The third-order valence-electron chi connectivity index (χ3n) is 10.4. The van der Waals surface area contributed by atoms with Crippen molar-refractivity contribution in [3.63, 3.8) is 0 Å². The molecule has 0 aromatic rings. The highest BCUT2D eigenvalue weighted by Crippen LogP contribution is 2.70. The maximum absolute atomic E-state index is 6.71. The van der Waals surface area contributed by atoms with Gasteiger partial charge < -0.3 is 14.2 Å². The van der Waals surface area contributed by atoms with Gasteiger partial charge in [0.1, 0.15) is 0 Å². The van der Waals surface area contributed by atoms with Gasteiger partial charge in [-0.15, -0.1) is 0 Å². The first-order chi connectivity index (χ1) is 12.7. The monoisotopic (exact) mass is 376 g/mol. The molecule has 4 unspecified atom stereocenters. The van der Waals surface area contributed by atoms with E-state index in [0.29, 0.717) is 29.3 Å². The number of hydrogen-bond acceptors (Lipinski definition) is 3. The topological polar surface area (TPSA) is 27.7 Å². The SMILES string of the molecule is CO[C@@]1(C)CCC2C3C(CC[C@@]21C)[C@@]1(C)CCCCC1[C@H]1OC(C)(C)O[C@H]31. The van der Waals surface area contributed by atoms with E-state index in [4.69, 9.17) is 14.2 Å². The number of methoxy groups -OCH3 is 1. The number of ether oxygens (including phenoxy) is 3. The average Bonchev–Trinajstić information content (AvgIpc) is 3.08. The lowest BCUT2D eigenvalue weighted by atomic mass is 9.43. The van der Waals surface area contributed by atoms with Gasteiger partial charge in [0.2, 0.25) is 0 Å². The van der Waals surface area contributed by atoms with Gasteiger partial charge >= 0.3 is 0 Å². The van der Waals surface area contributed by atoms with E-state index in [-0.39, 0.29) is 17.1 Å². The zero-order valence-corrected chi connectivity index (χ0v) is 18.3. The summed E-state index contributed by atoms with van der Waals surface area (Å²) < 4.78 is 19.5. The molecule has 5 rings (SSSR count). The van der Waals surface area contributed by atoms with Gasteiger partial charge in [0.05, 0.1) is 17.8 Å². The Balaban J connectivity index is 1.59. The summed E-state index contributed by atoms with van der Waals surface area (Å²) in [6.07, 6.45) is 11.2. The molecule has 9 atom stereocenters. The second kappa shape index (κ2) is 5.73. The molecule has 27 heavy (non-hydrogen) atoms. The molecular formula is C24H40O3. The number of fused-ring (bicyclic) bond motifs is 8. The second-order valence-electron chi connectivity index (χ2n) is 11.6. The zero-order valence-electron chi connectivity index (χ0n) is 18.3. The molecule has 0 radical (unpaired) electrons. The van der Waals surface area contributed by atoms with E-state index in [1.807, 2.05) is 7.11 Å². The molecule has 0 N–H and O–H groups in total. The molecule has 5 aliphatic rings. The van der Waals surface area contributed by atoms with Gasteiger partial charge in [0, 0.05) is 7.11 Å². The molecule has 0 spiro atoms. The summed E-state index contributed by atoms with van der Waals surface area (Å²) in [4.78, 5) is 0. The van der Waals surface area contributed by atoms with E-state index in [9.17, 15) is 0 Å². The maximum Gasteiger partial charge on any atom is 0.163 e. The molecule has 0 aromatic carbocycles. The number of hydrogen-bond donors (Lipinski definition) is 0. The third-order valence-corrected chi connectivity index (χ3v) is 10.4. The smallest absolute Gasteiger partial charge is 0.163 e. The van der Waals surface area contributed by atoms with Gasteiger partial charge in [0.15, 0.2) is 5.79 Å². The van der Waals surface area contributed by atoms with Gasteiger partial charge in [-0.2, -0.15) is 0 Å². The number of rotatable bonds is 1. The Hall–Kier alpha value is -0.120. The minimum Gasteiger partial charge on any atom is -0.378 e. The van der Waals surface area contributed by atoms with Crippen molar-refractivity contribution < 1.29 is 14.2 Å². The highest BCUT2D eigenvalue weighted by atomic mass is 16.8. The highest BCUT2D eigenvalue weighted by molar-refractivity contribution is 5.17. The summed E-state index contributed by atoms with van der Waals surface area (Å²) in [5.74, 6) is 2.37. The molecule has 0 amide bonds. The standard InChI is InChI=1S/C24H40O3/c1-21(2)26-19-17-9-7-8-12-22(17,3)15-10-13-23(4)16(18(15)20(19)27-21)11-14-24(23,5)25-6/h15-20H,7-14H2,1-6H3/t15?,16?,17?,18?,19-,20-,22-,23+,24+/m1/s1. The average molecular weight is 377 g/mol. The summed E-state index contributed by atoms with van der Waals surface area (Å²) >= 11 is 0. The maximum atomic E-state index is 6.71. The van der Waals surface area contributed by atoms with Crippen molar-refractivity contribution in [1.82, 2.24) is 0 Å². The molecule has 3 heteroatoms. The minimum absolute atomic E-state index is 0.0113. The fourth-order valence-corrected chi connectivity index (χ4v) is 8.80. The Morgan fingerprint density at radius 3 is 2.19 bits per heavy atom. The van der Waals surface area contributed by atoms with E-state index in [1.165, 1.54) is 51.4 Å². The largest absolute Gasteiger partial charge is 0.378 e.